The molecule has 0 aliphatic carbocycles. The molecule has 0 aromatic heterocycles. The standard InChI is InChI=1S/C21H24ClFN4O2/c1-15-6-7-16(14-18(15)23)20(28)24-8-9-25-21(29)27-12-10-26(11-13-27)19-5-3-2-4-17(19)22/h2-7,14H,8-13H2,1H3,(H,24,28)(H,25,29). The Morgan fingerprint density at radius 2 is 1.72 bits per heavy atom. The highest BCUT2D eigenvalue weighted by Gasteiger charge is 2.22. The molecule has 0 spiro atoms. The zero-order valence-electron chi connectivity index (χ0n) is 16.3. The third kappa shape index (κ3) is 5.38. The summed E-state index contributed by atoms with van der Waals surface area (Å²) in [6, 6.07) is 11.8. The third-order valence-electron chi connectivity index (χ3n) is 4.88. The zero-order chi connectivity index (χ0) is 20.8. The first-order valence-electron chi connectivity index (χ1n) is 9.52. The van der Waals surface area contributed by atoms with E-state index in [1.165, 1.54) is 6.07 Å². The Hall–Kier alpha value is -2.80. The van der Waals surface area contributed by atoms with E-state index >= 15 is 0 Å². The van der Waals surface area contributed by atoms with Crippen LogP contribution < -0.4 is 15.5 Å². The first-order valence-corrected chi connectivity index (χ1v) is 9.90. The number of benzene rings is 2. The van der Waals surface area contributed by atoms with Crippen molar-refractivity contribution in [3.05, 3.63) is 64.4 Å². The fraction of sp³-hybridized carbons (Fsp3) is 0.333. The number of hydrogen-bond donors (Lipinski definition) is 2. The van der Waals surface area contributed by atoms with Gasteiger partial charge < -0.3 is 20.4 Å². The summed E-state index contributed by atoms with van der Waals surface area (Å²) in [5.74, 6) is -0.784. The summed E-state index contributed by atoms with van der Waals surface area (Å²) < 4.78 is 13.5. The normalized spacial score (nSPS) is 13.9. The molecule has 3 rings (SSSR count). The van der Waals surface area contributed by atoms with Crippen molar-refractivity contribution in [2.45, 2.75) is 6.92 Å². The second-order valence-corrected chi connectivity index (χ2v) is 7.28. The number of hydrogen-bond acceptors (Lipinski definition) is 3. The van der Waals surface area contributed by atoms with Gasteiger partial charge in [0.2, 0.25) is 0 Å². The summed E-state index contributed by atoms with van der Waals surface area (Å²) in [5.41, 5.74) is 1.73. The van der Waals surface area contributed by atoms with E-state index in [2.05, 4.69) is 15.5 Å². The fourth-order valence-corrected chi connectivity index (χ4v) is 3.41. The fourth-order valence-electron chi connectivity index (χ4n) is 3.15. The number of nitrogens with one attached hydrogen (secondary N) is 2. The van der Waals surface area contributed by atoms with Crippen LogP contribution in [0.5, 0.6) is 0 Å². The number of amides is 3. The van der Waals surface area contributed by atoms with Crippen LogP contribution in [0.1, 0.15) is 15.9 Å². The Morgan fingerprint density at radius 1 is 1.03 bits per heavy atom. The molecule has 29 heavy (non-hydrogen) atoms. The van der Waals surface area contributed by atoms with Gasteiger partial charge in [0, 0.05) is 44.8 Å². The maximum atomic E-state index is 13.5. The molecule has 6 nitrogen and oxygen atoms in total. The summed E-state index contributed by atoms with van der Waals surface area (Å²) in [7, 11) is 0. The van der Waals surface area contributed by atoms with Gasteiger partial charge in [0.05, 0.1) is 10.7 Å². The SMILES string of the molecule is Cc1ccc(C(=O)NCCNC(=O)N2CCN(c3ccccc3Cl)CC2)cc1F. The number of piperazine rings is 1. The van der Waals surface area contributed by atoms with E-state index in [4.69, 9.17) is 11.6 Å². The van der Waals surface area contributed by atoms with Gasteiger partial charge in [0.15, 0.2) is 0 Å². The van der Waals surface area contributed by atoms with Gasteiger partial charge in [-0.25, -0.2) is 9.18 Å². The van der Waals surface area contributed by atoms with Crippen LogP contribution >= 0.6 is 11.6 Å². The first-order chi connectivity index (χ1) is 14.0. The summed E-state index contributed by atoms with van der Waals surface area (Å²) in [4.78, 5) is 28.2. The molecular weight excluding hydrogens is 395 g/mol. The predicted molar refractivity (Wildman–Crippen MR) is 112 cm³/mol. The number of anilines is 1. The number of para-hydroxylation sites is 1. The van der Waals surface area contributed by atoms with Crippen molar-refractivity contribution in [1.29, 1.82) is 0 Å². The minimum atomic E-state index is -0.415. The van der Waals surface area contributed by atoms with E-state index in [9.17, 15) is 14.0 Å². The van der Waals surface area contributed by atoms with Gasteiger partial charge >= 0.3 is 6.03 Å². The molecule has 0 saturated carbocycles. The van der Waals surface area contributed by atoms with Crippen LogP contribution in [0.3, 0.4) is 0 Å². The Labute approximate surface area is 174 Å². The Bertz CT molecular complexity index is 885. The van der Waals surface area contributed by atoms with E-state index in [0.717, 1.165) is 5.69 Å². The Kier molecular flexibility index (Phi) is 6.93. The molecule has 1 aliphatic rings. The van der Waals surface area contributed by atoms with Crippen LogP contribution in [0.25, 0.3) is 0 Å². The van der Waals surface area contributed by atoms with E-state index in [1.54, 1.807) is 24.0 Å². The minimum absolute atomic E-state index is 0.167. The van der Waals surface area contributed by atoms with Crippen LogP contribution in [-0.4, -0.2) is 56.1 Å². The molecule has 1 saturated heterocycles. The lowest BCUT2D eigenvalue weighted by Gasteiger charge is -2.36. The molecule has 0 atom stereocenters. The van der Waals surface area contributed by atoms with Crippen molar-refractivity contribution in [3.63, 3.8) is 0 Å². The summed E-state index contributed by atoms with van der Waals surface area (Å²) >= 11 is 6.24. The Balaban J connectivity index is 1.38. The summed E-state index contributed by atoms with van der Waals surface area (Å²) in [5, 5.41) is 6.18. The maximum Gasteiger partial charge on any atom is 0.317 e. The Morgan fingerprint density at radius 3 is 2.41 bits per heavy atom. The van der Waals surface area contributed by atoms with E-state index < -0.39 is 5.82 Å². The molecule has 154 valence electrons. The van der Waals surface area contributed by atoms with Crippen molar-refractivity contribution in [3.8, 4) is 0 Å². The van der Waals surface area contributed by atoms with Crippen molar-refractivity contribution in [1.82, 2.24) is 15.5 Å². The van der Waals surface area contributed by atoms with Gasteiger partial charge in [0.25, 0.3) is 5.91 Å². The monoisotopic (exact) mass is 418 g/mol. The van der Waals surface area contributed by atoms with Crippen molar-refractivity contribution < 1.29 is 14.0 Å². The number of aryl methyl sites for hydroxylation is 1. The lowest BCUT2D eigenvalue weighted by molar-refractivity contribution is 0.0953. The molecule has 1 heterocycles. The van der Waals surface area contributed by atoms with Gasteiger partial charge in [-0.05, 0) is 36.8 Å². The highest BCUT2D eigenvalue weighted by Crippen LogP contribution is 2.25. The molecule has 0 radical (unpaired) electrons. The molecule has 1 aliphatic heterocycles. The van der Waals surface area contributed by atoms with Crippen LogP contribution in [0, 0.1) is 12.7 Å². The van der Waals surface area contributed by atoms with Crippen LogP contribution in [-0.2, 0) is 0 Å². The summed E-state index contributed by atoms with van der Waals surface area (Å²) in [6.07, 6.45) is 0. The van der Waals surface area contributed by atoms with Gasteiger partial charge in [-0.15, -0.1) is 0 Å². The number of rotatable bonds is 5. The molecule has 2 aromatic carbocycles. The maximum absolute atomic E-state index is 13.5. The van der Waals surface area contributed by atoms with Gasteiger partial charge in [-0.3, -0.25) is 4.79 Å². The van der Waals surface area contributed by atoms with Crippen LogP contribution in [0.15, 0.2) is 42.5 Å². The van der Waals surface area contributed by atoms with Crippen LogP contribution in [0.2, 0.25) is 5.02 Å². The van der Waals surface area contributed by atoms with Crippen molar-refractivity contribution in [2.75, 3.05) is 44.2 Å². The molecular formula is C21H24ClFN4O2. The van der Waals surface area contributed by atoms with E-state index in [0.29, 0.717) is 43.3 Å². The van der Waals surface area contributed by atoms with Gasteiger partial charge in [-0.1, -0.05) is 29.8 Å². The molecule has 2 N–H and O–H groups in total. The number of nitrogens with zero attached hydrogens (tertiary/aromatic N) is 2. The largest absolute Gasteiger partial charge is 0.367 e. The zero-order valence-corrected chi connectivity index (χ0v) is 17.0. The van der Waals surface area contributed by atoms with E-state index in [1.807, 2.05) is 24.3 Å². The minimum Gasteiger partial charge on any atom is -0.367 e. The molecule has 1 fully saturated rings. The molecule has 2 aromatic rings. The lowest BCUT2D eigenvalue weighted by Crippen LogP contribution is -2.52. The number of carbonyl (C=O) groups is 2. The second-order valence-electron chi connectivity index (χ2n) is 6.88. The average Bonchev–Trinajstić information content (AvgIpc) is 2.73. The average molecular weight is 419 g/mol. The molecule has 3 amide bonds. The van der Waals surface area contributed by atoms with Crippen LogP contribution in [0.4, 0.5) is 14.9 Å². The predicted octanol–water partition coefficient (Wildman–Crippen LogP) is 3.05. The van der Waals surface area contributed by atoms with Gasteiger partial charge in [-0.2, -0.15) is 0 Å². The van der Waals surface area contributed by atoms with Gasteiger partial charge in [0.1, 0.15) is 5.82 Å². The topological polar surface area (TPSA) is 64.7 Å². The molecule has 8 heteroatoms. The lowest BCUT2D eigenvalue weighted by atomic mass is 10.1. The second kappa shape index (κ2) is 9.60. The number of halogens is 2. The quantitative estimate of drug-likeness (QED) is 0.733. The summed E-state index contributed by atoms with van der Waals surface area (Å²) in [6.45, 7) is 4.78. The van der Waals surface area contributed by atoms with E-state index in [-0.39, 0.29) is 24.0 Å². The highest BCUT2D eigenvalue weighted by molar-refractivity contribution is 6.33. The number of carbonyl (C=O) groups excluding carboxylic acids is 2. The first kappa shape index (κ1) is 20.9. The third-order valence-corrected chi connectivity index (χ3v) is 5.20. The molecule has 0 unspecified atom stereocenters. The molecule has 0 bridgehead atoms. The number of urea groups is 1. The van der Waals surface area contributed by atoms with Crippen molar-refractivity contribution in [2.24, 2.45) is 0 Å². The smallest absolute Gasteiger partial charge is 0.317 e. The highest BCUT2D eigenvalue weighted by atomic mass is 35.5. The van der Waals surface area contributed by atoms with Crippen molar-refractivity contribution >= 4 is 29.2 Å².